The number of ether oxygens (including phenoxy) is 1. The topological polar surface area (TPSA) is 49.8 Å². The number of aryl methyl sites for hydroxylation is 1. The van der Waals surface area contributed by atoms with Gasteiger partial charge in [-0.05, 0) is 44.5 Å². The molecule has 4 nitrogen and oxygen atoms in total. The molecule has 0 bridgehead atoms. The van der Waals surface area contributed by atoms with Gasteiger partial charge in [0.25, 0.3) is 5.91 Å². The number of amides is 1. The van der Waals surface area contributed by atoms with Crippen LogP contribution in [-0.2, 0) is 4.74 Å². The number of morpholine rings is 1. The summed E-state index contributed by atoms with van der Waals surface area (Å²) in [6, 6.07) is 4.95. The molecule has 1 amide bonds. The van der Waals surface area contributed by atoms with Gasteiger partial charge in [0.15, 0.2) is 0 Å². The summed E-state index contributed by atoms with van der Waals surface area (Å²) in [4.78, 5) is 14.3. The van der Waals surface area contributed by atoms with Crippen LogP contribution >= 0.6 is 0 Å². The van der Waals surface area contributed by atoms with E-state index in [2.05, 4.69) is 0 Å². The highest BCUT2D eigenvalue weighted by Gasteiger charge is 2.34. The van der Waals surface area contributed by atoms with Crippen molar-refractivity contribution in [2.45, 2.75) is 26.3 Å². The third kappa shape index (κ3) is 2.34. The van der Waals surface area contributed by atoms with Gasteiger partial charge in [0.05, 0.1) is 18.8 Å². The highest BCUT2D eigenvalue weighted by atomic mass is 16.5. The normalized spacial score (nSPS) is 18.7. The van der Waals surface area contributed by atoms with Crippen LogP contribution in [0, 0.1) is 6.92 Å². The summed E-state index contributed by atoms with van der Waals surface area (Å²) < 4.78 is 5.41. The van der Waals surface area contributed by atoms with Gasteiger partial charge in [0.1, 0.15) is 5.75 Å². The third-order valence-electron chi connectivity index (χ3n) is 3.33. The summed E-state index contributed by atoms with van der Waals surface area (Å²) in [5.41, 5.74) is 1.04. The van der Waals surface area contributed by atoms with Crippen molar-refractivity contribution in [1.29, 1.82) is 0 Å². The van der Waals surface area contributed by atoms with Crippen molar-refractivity contribution < 1.29 is 14.6 Å². The average Bonchev–Trinajstić information content (AvgIpc) is 2.31. The number of nitrogens with zero attached hydrogens (tertiary/aromatic N) is 1. The van der Waals surface area contributed by atoms with Gasteiger partial charge in [-0.25, -0.2) is 0 Å². The zero-order valence-electron chi connectivity index (χ0n) is 11.1. The minimum atomic E-state index is -0.291. The first-order chi connectivity index (χ1) is 8.42. The van der Waals surface area contributed by atoms with Crippen molar-refractivity contribution in [3.63, 3.8) is 0 Å². The second-order valence-electron chi connectivity index (χ2n) is 5.32. The molecule has 1 aromatic rings. The van der Waals surface area contributed by atoms with Gasteiger partial charge >= 0.3 is 0 Å². The Morgan fingerprint density at radius 1 is 1.44 bits per heavy atom. The number of phenolic OH excluding ortho intramolecular Hbond substituents is 1. The number of phenols is 1. The molecule has 1 aliphatic rings. The zero-order valence-corrected chi connectivity index (χ0v) is 11.1. The fourth-order valence-corrected chi connectivity index (χ4v) is 2.18. The van der Waals surface area contributed by atoms with Gasteiger partial charge in [-0.2, -0.15) is 0 Å². The Kier molecular flexibility index (Phi) is 3.30. The summed E-state index contributed by atoms with van der Waals surface area (Å²) in [5.74, 6) is 0.208. The molecule has 0 radical (unpaired) electrons. The van der Waals surface area contributed by atoms with E-state index in [9.17, 15) is 9.90 Å². The van der Waals surface area contributed by atoms with E-state index in [1.807, 2.05) is 18.7 Å². The molecule has 1 saturated heterocycles. The molecule has 0 spiro atoms. The Morgan fingerprint density at radius 3 is 2.78 bits per heavy atom. The molecule has 0 aromatic heterocycles. The first kappa shape index (κ1) is 12.9. The predicted molar refractivity (Wildman–Crippen MR) is 68.8 cm³/mol. The molecular weight excluding hydrogens is 230 g/mol. The number of carbonyl (C=O) groups is 1. The van der Waals surface area contributed by atoms with Crippen LogP contribution in [0.4, 0.5) is 0 Å². The number of carbonyl (C=O) groups excluding carboxylic acids is 1. The molecule has 1 aliphatic heterocycles. The monoisotopic (exact) mass is 249 g/mol. The molecule has 0 atom stereocenters. The largest absolute Gasteiger partial charge is 0.508 e. The number of hydrogen-bond donors (Lipinski definition) is 1. The van der Waals surface area contributed by atoms with Crippen LogP contribution in [0.1, 0.15) is 29.8 Å². The number of hydrogen-bond acceptors (Lipinski definition) is 3. The fourth-order valence-electron chi connectivity index (χ4n) is 2.18. The number of rotatable bonds is 1. The van der Waals surface area contributed by atoms with E-state index < -0.39 is 0 Å². The zero-order chi connectivity index (χ0) is 13.3. The molecule has 1 N–H and O–H groups in total. The standard InChI is InChI=1S/C14H19NO3/c1-10-8-11(4-5-12(10)16)13(17)15-6-7-18-9-14(15,2)3/h4-5,8,16H,6-7,9H2,1-3H3. The highest BCUT2D eigenvalue weighted by molar-refractivity contribution is 5.95. The Bertz CT molecular complexity index is 468. The first-order valence-electron chi connectivity index (χ1n) is 6.11. The molecular formula is C14H19NO3. The molecule has 0 aliphatic carbocycles. The molecule has 2 rings (SSSR count). The Morgan fingerprint density at radius 2 is 2.17 bits per heavy atom. The van der Waals surface area contributed by atoms with E-state index in [-0.39, 0.29) is 17.2 Å². The van der Waals surface area contributed by atoms with Crippen molar-refractivity contribution in [3.05, 3.63) is 29.3 Å². The second-order valence-corrected chi connectivity index (χ2v) is 5.32. The lowest BCUT2D eigenvalue weighted by atomic mass is 10.0. The maximum atomic E-state index is 12.5. The fraction of sp³-hybridized carbons (Fsp3) is 0.500. The molecule has 4 heteroatoms. The van der Waals surface area contributed by atoms with E-state index in [1.165, 1.54) is 0 Å². The SMILES string of the molecule is Cc1cc(C(=O)N2CCOCC2(C)C)ccc1O. The van der Waals surface area contributed by atoms with E-state index in [1.54, 1.807) is 25.1 Å². The van der Waals surface area contributed by atoms with Crippen molar-refractivity contribution in [1.82, 2.24) is 4.90 Å². The Hall–Kier alpha value is -1.55. The van der Waals surface area contributed by atoms with E-state index in [0.717, 1.165) is 0 Å². The molecule has 0 saturated carbocycles. The number of benzene rings is 1. The summed E-state index contributed by atoms with van der Waals surface area (Å²) in [6.07, 6.45) is 0. The van der Waals surface area contributed by atoms with Crippen LogP contribution in [0.5, 0.6) is 5.75 Å². The average molecular weight is 249 g/mol. The molecule has 18 heavy (non-hydrogen) atoms. The van der Waals surface area contributed by atoms with Gasteiger partial charge in [-0.1, -0.05) is 0 Å². The van der Waals surface area contributed by atoms with Gasteiger partial charge < -0.3 is 14.7 Å². The molecule has 1 heterocycles. The van der Waals surface area contributed by atoms with Gasteiger partial charge in [0.2, 0.25) is 0 Å². The van der Waals surface area contributed by atoms with E-state index >= 15 is 0 Å². The van der Waals surface area contributed by atoms with Crippen LogP contribution in [0.3, 0.4) is 0 Å². The van der Waals surface area contributed by atoms with E-state index in [0.29, 0.717) is 30.9 Å². The van der Waals surface area contributed by atoms with Gasteiger partial charge in [-0.3, -0.25) is 4.79 Å². The summed E-state index contributed by atoms with van der Waals surface area (Å²) in [7, 11) is 0. The Balaban J connectivity index is 2.27. The first-order valence-corrected chi connectivity index (χ1v) is 6.11. The molecule has 1 fully saturated rings. The minimum Gasteiger partial charge on any atom is -0.508 e. The van der Waals surface area contributed by atoms with Crippen LogP contribution < -0.4 is 0 Å². The summed E-state index contributed by atoms with van der Waals surface area (Å²) in [5, 5.41) is 9.49. The Labute approximate surface area is 107 Å². The van der Waals surface area contributed by atoms with Crippen molar-refractivity contribution in [2.24, 2.45) is 0 Å². The van der Waals surface area contributed by atoms with Crippen LogP contribution in [0.2, 0.25) is 0 Å². The maximum absolute atomic E-state index is 12.5. The molecule has 0 unspecified atom stereocenters. The lowest BCUT2D eigenvalue weighted by Crippen LogP contribution is -2.55. The highest BCUT2D eigenvalue weighted by Crippen LogP contribution is 2.24. The smallest absolute Gasteiger partial charge is 0.254 e. The quantitative estimate of drug-likeness (QED) is 0.827. The lowest BCUT2D eigenvalue weighted by Gasteiger charge is -2.42. The predicted octanol–water partition coefficient (Wildman–Crippen LogP) is 1.95. The van der Waals surface area contributed by atoms with Crippen molar-refractivity contribution >= 4 is 5.91 Å². The number of aromatic hydroxyl groups is 1. The molecule has 98 valence electrons. The van der Waals surface area contributed by atoms with Gasteiger partial charge in [-0.15, -0.1) is 0 Å². The van der Waals surface area contributed by atoms with Gasteiger partial charge in [0, 0.05) is 12.1 Å². The third-order valence-corrected chi connectivity index (χ3v) is 3.33. The van der Waals surface area contributed by atoms with E-state index in [4.69, 9.17) is 4.74 Å². The summed E-state index contributed by atoms with van der Waals surface area (Å²) in [6.45, 7) is 7.51. The van der Waals surface area contributed by atoms with Crippen LogP contribution in [-0.4, -0.2) is 41.2 Å². The molecule has 1 aromatic carbocycles. The summed E-state index contributed by atoms with van der Waals surface area (Å²) >= 11 is 0. The maximum Gasteiger partial charge on any atom is 0.254 e. The second kappa shape index (κ2) is 4.61. The lowest BCUT2D eigenvalue weighted by molar-refractivity contribution is -0.0370. The minimum absolute atomic E-state index is 0.00796. The van der Waals surface area contributed by atoms with Crippen molar-refractivity contribution in [3.8, 4) is 5.75 Å². The van der Waals surface area contributed by atoms with Crippen LogP contribution in [0.25, 0.3) is 0 Å². The van der Waals surface area contributed by atoms with Crippen LogP contribution in [0.15, 0.2) is 18.2 Å². The van der Waals surface area contributed by atoms with Crippen molar-refractivity contribution in [2.75, 3.05) is 19.8 Å².